The fraction of sp³-hybridized carbons (Fsp3) is 0.625. The Morgan fingerprint density at radius 1 is 1.25 bits per heavy atom. The molecule has 20 heavy (non-hydrogen) atoms. The number of carbonyl (C=O) groups is 1. The first-order valence-electron chi connectivity index (χ1n) is 7.49. The predicted molar refractivity (Wildman–Crippen MR) is 84.2 cm³/mol. The van der Waals surface area contributed by atoms with E-state index in [9.17, 15) is 4.79 Å². The average molecular weight is 277 g/mol. The molecule has 0 fully saturated rings. The van der Waals surface area contributed by atoms with Crippen LogP contribution >= 0.6 is 0 Å². The van der Waals surface area contributed by atoms with Crippen molar-refractivity contribution in [1.29, 1.82) is 0 Å². The summed E-state index contributed by atoms with van der Waals surface area (Å²) in [5.41, 5.74) is 1.42. The molecule has 0 saturated carbocycles. The van der Waals surface area contributed by atoms with Gasteiger partial charge in [-0.1, -0.05) is 20.8 Å². The lowest BCUT2D eigenvalue weighted by molar-refractivity contribution is 0.0911. The van der Waals surface area contributed by atoms with E-state index in [0.717, 1.165) is 37.3 Å². The van der Waals surface area contributed by atoms with E-state index in [-0.39, 0.29) is 11.4 Å². The number of hydrogen-bond acceptors (Lipinski definition) is 3. The monoisotopic (exact) mass is 277 g/mol. The summed E-state index contributed by atoms with van der Waals surface area (Å²) in [5.74, 6) is 0.749. The molecule has 0 atom stereocenters. The Labute approximate surface area is 122 Å². The van der Waals surface area contributed by atoms with Gasteiger partial charge in [-0.25, -0.2) is 4.98 Å². The van der Waals surface area contributed by atoms with Crippen LogP contribution in [0.3, 0.4) is 0 Å². The van der Waals surface area contributed by atoms with Gasteiger partial charge in [0.2, 0.25) is 0 Å². The Hall–Kier alpha value is -1.58. The van der Waals surface area contributed by atoms with E-state index in [1.54, 1.807) is 0 Å². The van der Waals surface area contributed by atoms with Gasteiger partial charge in [0.05, 0.1) is 0 Å². The van der Waals surface area contributed by atoms with Crippen LogP contribution in [-0.2, 0) is 6.42 Å². The molecule has 112 valence electrons. The molecule has 0 aromatic carbocycles. The van der Waals surface area contributed by atoms with E-state index in [4.69, 9.17) is 0 Å². The molecule has 1 rings (SSSR count). The number of pyridine rings is 1. The molecule has 0 bridgehead atoms. The summed E-state index contributed by atoms with van der Waals surface area (Å²) >= 11 is 0. The van der Waals surface area contributed by atoms with Crippen molar-refractivity contribution in [2.24, 2.45) is 0 Å². The molecule has 1 amide bonds. The van der Waals surface area contributed by atoms with Crippen molar-refractivity contribution in [3.63, 3.8) is 0 Å². The number of anilines is 1. The second-order valence-corrected chi connectivity index (χ2v) is 5.70. The minimum absolute atomic E-state index is 0.0338. The summed E-state index contributed by atoms with van der Waals surface area (Å²) in [5, 5.41) is 6.31. The number of amides is 1. The molecule has 0 radical (unpaired) electrons. The molecule has 1 aromatic rings. The Morgan fingerprint density at radius 3 is 2.50 bits per heavy atom. The number of hydrogen-bond donors (Lipinski definition) is 2. The minimum Gasteiger partial charge on any atom is -0.370 e. The number of nitrogens with zero attached hydrogens (tertiary/aromatic N) is 1. The molecule has 0 unspecified atom stereocenters. The van der Waals surface area contributed by atoms with Gasteiger partial charge in [-0.2, -0.15) is 0 Å². The summed E-state index contributed by atoms with van der Waals surface area (Å²) < 4.78 is 0. The molecular formula is C16H27N3O. The number of nitrogens with one attached hydrogen (secondary N) is 2. The fourth-order valence-corrected chi connectivity index (χ4v) is 1.71. The van der Waals surface area contributed by atoms with Gasteiger partial charge in [0.15, 0.2) is 0 Å². The van der Waals surface area contributed by atoms with Gasteiger partial charge in [0.1, 0.15) is 5.82 Å². The first-order chi connectivity index (χ1) is 9.41. The summed E-state index contributed by atoms with van der Waals surface area (Å²) in [6.45, 7) is 11.1. The van der Waals surface area contributed by atoms with Gasteiger partial charge in [-0.15, -0.1) is 0 Å². The number of aryl methyl sites for hydroxylation is 1. The minimum atomic E-state index is -0.191. The lowest BCUT2D eigenvalue weighted by Gasteiger charge is -2.24. The van der Waals surface area contributed by atoms with Crippen LogP contribution in [0.4, 0.5) is 5.82 Å². The Balaban J connectivity index is 2.95. The van der Waals surface area contributed by atoms with Crippen LogP contribution in [0.1, 0.15) is 63.5 Å². The third kappa shape index (κ3) is 4.83. The SMILES string of the molecule is CCCNc1cc(C(=O)NC(C)(C)CC)cc(CC)n1. The quantitative estimate of drug-likeness (QED) is 0.803. The lowest BCUT2D eigenvalue weighted by atomic mass is 10.0. The van der Waals surface area contributed by atoms with Crippen LogP contribution in [0.2, 0.25) is 0 Å². The maximum absolute atomic E-state index is 12.3. The Kier molecular flexibility index (Phi) is 5.99. The van der Waals surface area contributed by atoms with E-state index in [0.29, 0.717) is 5.56 Å². The highest BCUT2D eigenvalue weighted by atomic mass is 16.1. The number of carbonyl (C=O) groups excluding carboxylic acids is 1. The highest BCUT2D eigenvalue weighted by Gasteiger charge is 2.19. The first kappa shape index (κ1) is 16.5. The average Bonchev–Trinajstić information content (AvgIpc) is 2.44. The zero-order valence-corrected chi connectivity index (χ0v) is 13.3. The summed E-state index contributed by atoms with van der Waals surface area (Å²) in [6.07, 6.45) is 2.74. The van der Waals surface area contributed by atoms with Gasteiger partial charge in [-0.05, 0) is 45.2 Å². The molecule has 0 aliphatic heterocycles. The van der Waals surface area contributed by atoms with E-state index >= 15 is 0 Å². The Bertz CT molecular complexity index is 455. The van der Waals surface area contributed by atoms with Gasteiger partial charge >= 0.3 is 0 Å². The van der Waals surface area contributed by atoms with Gasteiger partial charge in [-0.3, -0.25) is 4.79 Å². The van der Waals surface area contributed by atoms with Gasteiger partial charge in [0.25, 0.3) is 5.91 Å². The molecule has 0 aliphatic rings. The van der Waals surface area contributed by atoms with E-state index in [1.165, 1.54) is 0 Å². The van der Waals surface area contributed by atoms with Crippen LogP contribution in [0, 0.1) is 0 Å². The maximum atomic E-state index is 12.3. The predicted octanol–water partition coefficient (Wildman–Crippen LogP) is 3.38. The van der Waals surface area contributed by atoms with E-state index < -0.39 is 0 Å². The standard InChI is InChI=1S/C16H27N3O/c1-6-9-17-14-11-12(10-13(7-2)18-14)15(20)19-16(4,5)8-3/h10-11H,6-9H2,1-5H3,(H,17,18)(H,19,20). The van der Waals surface area contributed by atoms with Gasteiger partial charge in [0, 0.05) is 23.3 Å². The topological polar surface area (TPSA) is 54.0 Å². The largest absolute Gasteiger partial charge is 0.370 e. The summed E-state index contributed by atoms with van der Waals surface area (Å²) in [4.78, 5) is 16.8. The van der Waals surface area contributed by atoms with Crippen molar-refractivity contribution < 1.29 is 4.79 Å². The molecule has 1 aromatic heterocycles. The van der Waals surface area contributed by atoms with Crippen LogP contribution in [-0.4, -0.2) is 23.0 Å². The first-order valence-corrected chi connectivity index (χ1v) is 7.49. The molecule has 0 saturated heterocycles. The van der Waals surface area contributed by atoms with Crippen LogP contribution in [0.5, 0.6) is 0 Å². The maximum Gasteiger partial charge on any atom is 0.251 e. The molecule has 4 heteroatoms. The van der Waals surface area contributed by atoms with Crippen molar-refractivity contribution in [2.75, 3.05) is 11.9 Å². The Morgan fingerprint density at radius 2 is 1.95 bits per heavy atom. The molecule has 1 heterocycles. The zero-order valence-electron chi connectivity index (χ0n) is 13.3. The third-order valence-corrected chi connectivity index (χ3v) is 3.39. The lowest BCUT2D eigenvalue weighted by Crippen LogP contribution is -2.42. The van der Waals surface area contributed by atoms with E-state index in [1.807, 2.05) is 32.9 Å². The number of aromatic nitrogens is 1. The van der Waals surface area contributed by atoms with Crippen LogP contribution in [0.15, 0.2) is 12.1 Å². The van der Waals surface area contributed by atoms with Crippen LogP contribution in [0.25, 0.3) is 0 Å². The van der Waals surface area contributed by atoms with Crippen molar-refractivity contribution in [2.45, 2.75) is 59.4 Å². The molecule has 2 N–H and O–H groups in total. The second-order valence-electron chi connectivity index (χ2n) is 5.70. The van der Waals surface area contributed by atoms with Crippen molar-refractivity contribution >= 4 is 11.7 Å². The highest BCUT2D eigenvalue weighted by Crippen LogP contribution is 2.14. The third-order valence-electron chi connectivity index (χ3n) is 3.39. The normalized spacial score (nSPS) is 11.2. The highest BCUT2D eigenvalue weighted by molar-refractivity contribution is 5.95. The van der Waals surface area contributed by atoms with E-state index in [2.05, 4.69) is 29.5 Å². The molecule has 4 nitrogen and oxygen atoms in total. The van der Waals surface area contributed by atoms with Gasteiger partial charge < -0.3 is 10.6 Å². The van der Waals surface area contributed by atoms with Crippen molar-refractivity contribution in [3.05, 3.63) is 23.4 Å². The van der Waals surface area contributed by atoms with Crippen molar-refractivity contribution in [1.82, 2.24) is 10.3 Å². The molecule has 0 spiro atoms. The van der Waals surface area contributed by atoms with Crippen LogP contribution < -0.4 is 10.6 Å². The fourth-order valence-electron chi connectivity index (χ4n) is 1.71. The second kappa shape index (κ2) is 7.27. The zero-order chi connectivity index (χ0) is 15.2. The smallest absolute Gasteiger partial charge is 0.251 e. The summed E-state index contributed by atoms with van der Waals surface area (Å²) in [6, 6.07) is 3.70. The van der Waals surface area contributed by atoms with Crippen molar-refractivity contribution in [3.8, 4) is 0 Å². The summed E-state index contributed by atoms with van der Waals surface area (Å²) in [7, 11) is 0. The molecular weight excluding hydrogens is 250 g/mol. The number of rotatable bonds is 7. The molecule has 0 aliphatic carbocycles.